The number of hydrogen-bond donors (Lipinski definition) is 1. The first-order valence-electron chi connectivity index (χ1n) is 10.8. The smallest absolute Gasteiger partial charge is 0.159 e. The second-order valence-electron chi connectivity index (χ2n) is 9.17. The summed E-state index contributed by atoms with van der Waals surface area (Å²) >= 11 is 0. The Morgan fingerprint density at radius 2 is 1.79 bits per heavy atom. The monoisotopic (exact) mass is 383 g/mol. The average molecular weight is 384 g/mol. The van der Waals surface area contributed by atoms with Crippen LogP contribution < -0.4 is 10.2 Å². The van der Waals surface area contributed by atoms with Gasteiger partial charge in [-0.1, -0.05) is 19.8 Å². The van der Waals surface area contributed by atoms with Crippen molar-refractivity contribution in [1.29, 1.82) is 5.26 Å². The van der Waals surface area contributed by atoms with Gasteiger partial charge in [0.15, 0.2) is 6.29 Å². The third kappa shape index (κ3) is 4.68. The van der Waals surface area contributed by atoms with E-state index >= 15 is 0 Å². The van der Waals surface area contributed by atoms with Crippen LogP contribution in [0.1, 0.15) is 44.6 Å². The van der Waals surface area contributed by atoms with Crippen molar-refractivity contribution in [1.82, 2.24) is 5.32 Å². The molecule has 1 aromatic carbocycles. The summed E-state index contributed by atoms with van der Waals surface area (Å²) in [6.45, 7) is 8.02. The minimum atomic E-state index is -0.0986. The maximum absolute atomic E-state index is 9.09. The minimum absolute atomic E-state index is 0.0986. The number of rotatable bonds is 6. The highest BCUT2D eigenvalue weighted by molar-refractivity contribution is 5.49. The Balaban J connectivity index is 1.35. The van der Waals surface area contributed by atoms with E-state index in [4.69, 9.17) is 14.7 Å². The van der Waals surface area contributed by atoms with E-state index < -0.39 is 0 Å². The Morgan fingerprint density at radius 1 is 1.11 bits per heavy atom. The first-order chi connectivity index (χ1) is 13.7. The molecule has 1 aliphatic carbocycles. The topological polar surface area (TPSA) is 57.5 Å². The van der Waals surface area contributed by atoms with Gasteiger partial charge in [0.25, 0.3) is 0 Å². The molecule has 3 fully saturated rings. The van der Waals surface area contributed by atoms with Crippen LogP contribution in [0.15, 0.2) is 24.3 Å². The van der Waals surface area contributed by atoms with E-state index in [0.29, 0.717) is 5.56 Å². The molecule has 1 saturated carbocycles. The number of nitriles is 1. The summed E-state index contributed by atoms with van der Waals surface area (Å²) in [6, 6.07) is 10.2. The predicted octanol–water partition coefficient (Wildman–Crippen LogP) is 3.54. The van der Waals surface area contributed by atoms with Crippen LogP contribution in [0.3, 0.4) is 0 Å². The predicted molar refractivity (Wildman–Crippen MR) is 110 cm³/mol. The van der Waals surface area contributed by atoms with Crippen LogP contribution >= 0.6 is 0 Å². The maximum atomic E-state index is 9.09. The number of hydrogen-bond acceptors (Lipinski definition) is 5. The summed E-state index contributed by atoms with van der Waals surface area (Å²) in [5, 5.41) is 12.4. The van der Waals surface area contributed by atoms with Gasteiger partial charge in [-0.15, -0.1) is 0 Å². The van der Waals surface area contributed by atoms with Gasteiger partial charge in [-0.3, -0.25) is 0 Å². The van der Waals surface area contributed by atoms with Crippen LogP contribution in [-0.2, 0) is 9.47 Å². The molecular weight excluding hydrogens is 350 g/mol. The Labute approximate surface area is 169 Å². The number of anilines is 1. The lowest BCUT2D eigenvalue weighted by Crippen LogP contribution is -2.61. The van der Waals surface area contributed by atoms with Crippen LogP contribution in [0.2, 0.25) is 0 Å². The Kier molecular flexibility index (Phi) is 6.20. The van der Waals surface area contributed by atoms with E-state index in [-0.39, 0.29) is 11.7 Å². The van der Waals surface area contributed by atoms with Crippen LogP contribution in [0.25, 0.3) is 0 Å². The molecule has 1 aromatic rings. The van der Waals surface area contributed by atoms with Crippen molar-refractivity contribution >= 4 is 5.69 Å². The summed E-state index contributed by atoms with van der Waals surface area (Å²) in [5.74, 6) is 1.63. The molecule has 5 nitrogen and oxygen atoms in total. The Hall–Kier alpha value is -1.61. The van der Waals surface area contributed by atoms with Crippen molar-refractivity contribution in [3.05, 3.63) is 29.8 Å². The summed E-state index contributed by atoms with van der Waals surface area (Å²) in [5.41, 5.74) is 2.14. The van der Waals surface area contributed by atoms with Gasteiger partial charge < -0.3 is 19.7 Å². The second-order valence-corrected chi connectivity index (χ2v) is 9.17. The van der Waals surface area contributed by atoms with Crippen molar-refractivity contribution in [2.24, 2.45) is 17.3 Å². The minimum Gasteiger partial charge on any atom is -0.371 e. The first kappa shape index (κ1) is 19.7. The SMILES string of the molecule is C[C@H]1CC[C@H](CN(CCC2OCC3(CNC3)CO2)c2ccc(C#N)cc2)CC1. The third-order valence-electron chi connectivity index (χ3n) is 6.76. The van der Waals surface area contributed by atoms with Gasteiger partial charge in [-0.25, -0.2) is 0 Å². The lowest BCUT2D eigenvalue weighted by Gasteiger charge is -2.46. The first-order valence-corrected chi connectivity index (χ1v) is 10.8. The summed E-state index contributed by atoms with van der Waals surface area (Å²) < 4.78 is 12.1. The molecule has 28 heavy (non-hydrogen) atoms. The molecule has 5 heteroatoms. The van der Waals surface area contributed by atoms with E-state index in [9.17, 15) is 0 Å². The van der Waals surface area contributed by atoms with Gasteiger partial charge in [0.05, 0.1) is 24.8 Å². The van der Waals surface area contributed by atoms with Crippen LogP contribution in [0.4, 0.5) is 5.69 Å². The molecule has 0 bridgehead atoms. The van der Waals surface area contributed by atoms with E-state index in [1.165, 1.54) is 31.4 Å². The largest absolute Gasteiger partial charge is 0.371 e. The highest BCUT2D eigenvalue weighted by Crippen LogP contribution is 2.32. The molecule has 0 unspecified atom stereocenters. The van der Waals surface area contributed by atoms with Crippen molar-refractivity contribution < 1.29 is 9.47 Å². The molecule has 4 rings (SSSR count). The molecule has 2 heterocycles. The number of benzene rings is 1. The van der Waals surface area contributed by atoms with E-state index in [1.807, 2.05) is 12.1 Å². The molecule has 2 aliphatic heterocycles. The van der Waals surface area contributed by atoms with E-state index in [1.54, 1.807) is 0 Å². The Bertz CT molecular complexity index is 662. The molecule has 0 aromatic heterocycles. The van der Waals surface area contributed by atoms with Gasteiger partial charge in [0, 0.05) is 43.7 Å². The lowest BCUT2D eigenvalue weighted by molar-refractivity contribution is -0.239. The van der Waals surface area contributed by atoms with Gasteiger partial charge in [0.1, 0.15) is 0 Å². The van der Waals surface area contributed by atoms with Crippen molar-refractivity contribution in [3.8, 4) is 6.07 Å². The number of nitrogens with zero attached hydrogens (tertiary/aromatic N) is 2. The van der Waals surface area contributed by atoms with Crippen molar-refractivity contribution in [2.45, 2.75) is 45.3 Å². The fourth-order valence-electron chi connectivity index (χ4n) is 4.64. The fourth-order valence-corrected chi connectivity index (χ4v) is 4.64. The van der Waals surface area contributed by atoms with Crippen molar-refractivity contribution in [3.63, 3.8) is 0 Å². The molecular formula is C23H33N3O2. The van der Waals surface area contributed by atoms with Crippen LogP contribution in [0.5, 0.6) is 0 Å². The quantitative estimate of drug-likeness (QED) is 0.814. The van der Waals surface area contributed by atoms with Gasteiger partial charge in [-0.2, -0.15) is 5.26 Å². The number of ether oxygens (including phenoxy) is 2. The third-order valence-corrected chi connectivity index (χ3v) is 6.76. The molecule has 1 spiro atoms. The lowest BCUT2D eigenvalue weighted by atomic mass is 9.82. The average Bonchev–Trinajstić information content (AvgIpc) is 2.72. The van der Waals surface area contributed by atoms with E-state index in [0.717, 1.165) is 57.6 Å². The highest BCUT2D eigenvalue weighted by atomic mass is 16.7. The van der Waals surface area contributed by atoms with Crippen molar-refractivity contribution in [2.75, 3.05) is 44.3 Å². The molecule has 152 valence electrons. The van der Waals surface area contributed by atoms with Gasteiger partial charge in [0.2, 0.25) is 0 Å². The molecule has 1 N–H and O–H groups in total. The van der Waals surface area contributed by atoms with Gasteiger partial charge in [-0.05, 0) is 48.9 Å². The highest BCUT2D eigenvalue weighted by Gasteiger charge is 2.42. The second kappa shape index (κ2) is 8.82. The summed E-state index contributed by atoms with van der Waals surface area (Å²) in [4.78, 5) is 2.48. The molecule has 0 radical (unpaired) electrons. The van der Waals surface area contributed by atoms with E-state index in [2.05, 4.69) is 35.3 Å². The molecule has 0 atom stereocenters. The van der Waals surface area contributed by atoms with Crippen LogP contribution in [0, 0.1) is 28.6 Å². The number of nitrogens with one attached hydrogen (secondary N) is 1. The fraction of sp³-hybridized carbons (Fsp3) is 0.696. The summed E-state index contributed by atoms with van der Waals surface area (Å²) in [6.07, 6.45) is 6.11. The van der Waals surface area contributed by atoms with Gasteiger partial charge >= 0.3 is 0 Å². The van der Waals surface area contributed by atoms with Crippen LogP contribution in [-0.4, -0.2) is 45.7 Å². The summed E-state index contributed by atoms with van der Waals surface area (Å²) in [7, 11) is 0. The zero-order chi connectivity index (χ0) is 19.4. The molecule has 0 amide bonds. The molecule has 2 saturated heterocycles. The normalized spacial score (nSPS) is 27.1. The zero-order valence-corrected chi connectivity index (χ0v) is 17.0. The molecule has 3 aliphatic rings. The zero-order valence-electron chi connectivity index (χ0n) is 17.0. The maximum Gasteiger partial charge on any atom is 0.159 e. The standard InChI is InChI=1S/C23H33N3O2/c1-18-2-4-20(5-3-18)13-26(21-8-6-19(12-24)7-9-21)11-10-22-27-16-23(17-28-22)14-25-15-23/h6-9,18,20,22,25H,2-5,10-11,13-17H2,1H3/t18-,20-. The Morgan fingerprint density at radius 3 is 2.36 bits per heavy atom.